The van der Waals surface area contributed by atoms with Crippen molar-refractivity contribution >= 4 is 43.8 Å². The number of thiazole rings is 1. The highest BCUT2D eigenvalue weighted by Gasteiger charge is 2.10. The molecule has 0 bridgehead atoms. The molecule has 0 saturated carbocycles. The molecular weight excluding hydrogens is 254 g/mol. The van der Waals surface area contributed by atoms with Gasteiger partial charge in [-0.2, -0.15) is 0 Å². The third-order valence-electron chi connectivity index (χ3n) is 2.94. The Morgan fingerprint density at radius 1 is 1.32 bits per heavy atom. The van der Waals surface area contributed by atoms with Gasteiger partial charge < -0.3 is 4.72 Å². The number of benzene rings is 1. The molecule has 0 N–H and O–H groups in total. The topological polar surface area (TPSA) is 31.8 Å². The first-order chi connectivity index (χ1) is 9.11. The Balaban J connectivity index is 2.24. The number of azo groups is 1. The number of nitrogens with zero attached hydrogens (tertiary/aromatic N) is 4. The average molecular weight is 271 g/mol. The zero-order valence-corrected chi connectivity index (χ0v) is 12.6. The second-order valence-electron chi connectivity index (χ2n) is 4.54. The molecule has 0 aliphatic rings. The first kappa shape index (κ1) is 13.8. The summed E-state index contributed by atoms with van der Waals surface area (Å²) in [5.41, 5.74) is 3.23. The van der Waals surface area contributed by atoms with Crippen molar-refractivity contribution in [3.63, 3.8) is 0 Å². The molecule has 2 aromatic rings. The van der Waals surface area contributed by atoms with Gasteiger partial charge in [0.25, 0.3) is 0 Å². The lowest BCUT2D eigenvalue weighted by molar-refractivity contribution is -0.676. The molecule has 0 saturated heterocycles. The van der Waals surface area contributed by atoms with Crippen LogP contribution in [0.3, 0.4) is 0 Å². The first-order valence-corrected chi connectivity index (χ1v) is 7.16. The number of anilines is 1. The number of rotatable bonds is 4. The van der Waals surface area contributed by atoms with Crippen LogP contribution in [-0.2, 0) is 6.54 Å². The first-order valence-electron chi connectivity index (χ1n) is 6.28. The van der Waals surface area contributed by atoms with Crippen molar-refractivity contribution in [3.8, 4) is 0 Å². The molecule has 0 radical (unpaired) electrons. The molecular formula is C12H17B2N4S+. The summed E-state index contributed by atoms with van der Waals surface area (Å²) < 4.78 is 4.16. The molecule has 1 aromatic carbocycles. The van der Waals surface area contributed by atoms with Crippen molar-refractivity contribution in [3.05, 3.63) is 35.3 Å². The van der Waals surface area contributed by atoms with Crippen LogP contribution in [-0.4, -0.2) is 16.0 Å². The SMILES string of the molecule is BN(B)c1ccc(/N=N/c2scc[n+]2CC)c(C)c1. The minimum atomic E-state index is 0.913. The number of aromatic nitrogens is 1. The van der Waals surface area contributed by atoms with Gasteiger partial charge in [-0.15, -0.1) is 0 Å². The maximum atomic E-state index is 4.35. The quantitative estimate of drug-likeness (QED) is 0.473. The highest BCUT2D eigenvalue weighted by molar-refractivity contribution is 7.12. The van der Waals surface area contributed by atoms with E-state index >= 15 is 0 Å². The van der Waals surface area contributed by atoms with Gasteiger partial charge in [0.15, 0.2) is 0 Å². The molecule has 1 aromatic heterocycles. The molecule has 96 valence electrons. The minimum Gasteiger partial charge on any atom is -0.472 e. The maximum absolute atomic E-state index is 4.35. The fourth-order valence-electron chi connectivity index (χ4n) is 1.74. The second kappa shape index (κ2) is 6.02. The lowest BCUT2D eigenvalue weighted by atomic mass is 10.1. The normalized spacial score (nSPS) is 11.1. The highest BCUT2D eigenvalue weighted by Crippen LogP contribution is 2.25. The minimum absolute atomic E-state index is 0.913. The summed E-state index contributed by atoms with van der Waals surface area (Å²) >= 11 is 1.60. The van der Waals surface area contributed by atoms with Crippen LogP contribution in [0.5, 0.6) is 0 Å². The molecule has 0 atom stereocenters. The van der Waals surface area contributed by atoms with Crippen LogP contribution in [0.15, 0.2) is 40.0 Å². The van der Waals surface area contributed by atoms with Crippen molar-refractivity contribution in [1.29, 1.82) is 0 Å². The number of hydrogen-bond donors (Lipinski definition) is 0. The fraction of sp³-hybridized carbons (Fsp3) is 0.250. The Morgan fingerprint density at radius 2 is 2.11 bits per heavy atom. The molecule has 0 aliphatic heterocycles. The fourth-order valence-corrected chi connectivity index (χ4v) is 2.49. The molecule has 7 heteroatoms. The number of hydrogen-bond acceptors (Lipinski definition) is 4. The summed E-state index contributed by atoms with van der Waals surface area (Å²) in [5, 5.41) is 11.6. The van der Waals surface area contributed by atoms with E-state index in [9.17, 15) is 0 Å². The van der Waals surface area contributed by atoms with Crippen LogP contribution < -0.4 is 9.29 Å². The summed E-state index contributed by atoms with van der Waals surface area (Å²) in [4.78, 5) is 0. The molecule has 0 aliphatic carbocycles. The molecule has 1 heterocycles. The van der Waals surface area contributed by atoms with E-state index in [1.165, 1.54) is 5.69 Å². The van der Waals surface area contributed by atoms with Crippen molar-refractivity contribution < 1.29 is 4.57 Å². The van der Waals surface area contributed by atoms with Crippen LogP contribution in [0.1, 0.15) is 12.5 Å². The molecule has 19 heavy (non-hydrogen) atoms. The smallest absolute Gasteiger partial charge is 0.408 e. The van der Waals surface area contributed by atoms with Crippen molar-refractivity contribution in [1.82, 2.24) is 0 Å². The van der Waals surface area contributed by atoms with Crippen LogP contribution in [0.2, 0.25) is 0 Å². The van der Waals surface area contributed by atoms with E-state index in [2.05, 4.69) is 45.5 Å². The Kier molecular flexibility index (Phi) is 4.37. The largest absolute Gasteiger partial charge is 0.472 e. The zero-order valence-electron chi connectivity index (χ0n) is 11.8. The van der Waals surface area contributed by atoms with Crippen molar-refractivity contribution in [2.75, 3.05) is 4.72 Å². The van der Waals surface area contributed by atoms with E-state index < -0.39 is 0 Å². The molecule has 2 rings (SSSR count). The van der Waals surface area contributed by atoms with E-state index in [4.69, 9.17) is 0 Å². The van der Waals surface area contributed by atoms with Gasteiger partial charge in [-0.3, -0.25) is 0 Å². The van der Waals surface area contributed by atoms with Crippen LogP contribution >= 0.6 is 11.3 Å². The van der Waals surface area contributed by atoms with Gasteiger partial charge in [-0.1, -0.05) is 0 Å². The van der Waals surface area contributed by atoms with Crippen molar-refractivity contribution in [2.24, 2.45) is 10.2 Å². The van der Waals surface area contributed by atoms with E-state index in [1.54, 1.807) is 11.3 Å². The molecule has 0 fully saturated rings. The highest BCUT2D eigenvalue weighted by atomic mass is 32.1. The third-order valence-corrected chi connectivity index (χ3v) is 3.73. The molecule has 4 nitrogen and oxygen atoms in total. The van der Waals surface area contributed by atoms with Gasteiger partial charge in [0.1, 0.15) is 11.9 Å². The predicted octanol–water partition coefficient (Wildman–Crippen LogP) is 1.68. The van der Waals surface area contributed by atoms with Gasteiger partial charge in [0.2, 0.25) is 16.0 Å². The summed E-state index contributed by atoms with van der Waals surface area (Å²) in [7, 11) is 4.07. The standard InChI is InChI=1S/C12H17B2N4S/c1-3-17-6-7-19-12(17)16-15-11-5-4-10(18(13)14)8-9(11)2/h4-8H,3,13-14H2,1-2H3/q+1. The third kappa shape index (κ3) is 3.23. The Morgan fingerprint density at radius 3 is 2.74 bits per heavy atom. The molecule has 0 unspecified atom stereocenters. The average Bonchev–Trinajstić information content (AvgIpc) is 2.84. The van der Waals surface area contributed by atoms with Crippen LogP contribution in [0, 0.1) is 6.92 Å². The Labute approximate surface area is 119 Å². The van der Waals surface area contributed by atoms with Crippen LogP contribution in [0.4, 0.5) is 16.5 Å². The molecule has 0 spiro atoms. The predicted molar refractivity (Wildman–Crippen MR) is 85.1 cm³/mol. The lowest BCUT2D eigenvalue weighted by Crippen LogP contribution is -2.28. The lowest BCUT2D eigenvalue weighted by Gasteiger charge is -2.13. The monoisotopic (exact) mass is 271 g/mol. The van der Waals surface area contributed by atoms with Gasteiger partial charge in [0.05, 0.1) is 11.7 Å². The summed E-state index contributed by atoms with van der Waals surface area (Å²) in [6, 6.07) is 6.19. The summed E-state index contributed by atoms with van der Waals surface area (Å²) in [5.74, 6) is 0. The van der Waals surface area contributed by atoms with E-state index in [-0.39, 0.29) is 0 Å². The van der Waals surface area contributed by atoms with Crippen LogP contribution in [0.25, 0.3) is 0 Å². The second-order valence-corrected chi connectivity index (χ2v) is 5.41. The van der Waals surface area contributed by atoms with Gasteiger partial charge in [-0.25, -0.2) is 4.57 Å². The summed E-state index contributed by atoms with van der Waals surface area (Å²) in [6.45, 7) is 5.07. The van der Waals surface area contributed by atoms with Crippen molar-refractivity contribution in [2.45, 2.75) is 20.4 Å². The van der Waals surface area contributed by atoms with Gasteiger partial charge >= 0.3 is 5.13 Å². The Bertz CT molecular complexity index is 595. The number of aryl methyl sites for hydroxylation is 2. The summed E-state index contributed by atoms with van der Waals surface area (Å²) in [6.07, 6.45) is 2.03. The molecule has 0 amide bonds. The van der Waals surface area contributed by atoms with E-state index in [0.717, 1.165) is 22.9 Å². The Hall–Kier alpha value is -1.62. The maximum Gasteiger partial charge on any atom is 0.408 e. The van der Waals surface area contributed by atoms with Gasteiger partial charge in [-0.05, 0) is 54.1 Å². The van der Waals surface area contributed by atoms with E-state index in [1.807, 2.05) is 33.6 Å². The zero-order chi connectivity index (χ0) is 13.8. The van der Waals surface area contributed by atoms with Gasteiger partial charge in [0, 0.05) is 11.1 Å². The van der Waals surface area contributed by atoms with E-state index in [0.29, 0.717) is 0 Å².